The third kappa shape index (κ3) is 4.52. The Balaban J connectivity index is 1.83. The molecule has 0 saturated carbocycles. The molecule has 2 heterocycles. The highest BCUT2D eigenvalue weighted by Gasteiger charge is 2.20. The first kappa shape index (κ1) is 16.9. The van der Waals surface area contributed by atoms with E-state index in [2.05, 4.69) is 15.5 Å². The van der Waals surface area contributed by atoms with E-state index < -0.39 is 4.92 Å². The molecule has 0 saturated heterocycles. The fourth-order valence-electron chi connectivity index (χ4n) is 2.04. The summed E-state index contributed by atoms with van der Waals surface area (Å²) in [5.74, 6) is -0.735. The molecule has 0 aliphatic carbocycles. The van der Waals surface area contributed by atoms with Gasteiger partial charge < -0.3 is 15.4 Å². The van der Waals surface area contributed by atoms with Gasteiger partial charge in [0.15, 0.2) is 0 Å². The molecule has 2 aromatic heterocycles. The molecule has 1 N–H and O–H groups in total. The maximum Gasteiger partial charge on any atom is 0.390 e. The summed E-state index contributed by atoms with van der Waals surface area (Å²) in [7, 11) is 0. The monoisotopic (exact) mass is 340 g/mol. The Labute approximate surface area is 137 Å². The van der Waals surface area contributed by atoms with E-state index in [9.17, 15) is 14.9 Å². The van der Waals surface area contributed by atoms with Crippen LogP contribution < -0.4 is 5.32 Å². The van der Waals surface area contributed by atoms with Crippen molar-refractivity contribution in [2.75, 3.05) is 6.54 Å². The zero-order valence-corrected chi connectivity index (χ0v) is 13.5. The molecule has 0 bridgehead atoms. The largest absolute Gasteiger partial charge is 0.390 e. The molecule has 0 aliphatic heterocycles. The van der Waals surface area contributed by atoms with Gasteiger partial charge in [-0.25, -0.2) is 0 Å². The van der Waals surface area contributed by atoms with Crippen LogP contribution in [0.3, 0.4) is 0 Å². The Morgan fingerprint density at radius 3 is 2.87 bits per heavy atom. The number of aryl methyl sites for hydroxylation is 1. The van der Waals surface area contributed by atoms with Crippen LogP contribution in [0.4, 0.5) is 5.82 Å². The van der Waals surface area contributed by atoms with Crippen LogP contribution >= 0.6 is 11.6 Å². The Hall–Kier alpha value is -2.42. The zero-order valence-electron chi connectivity index (χ0n) is 12.8. The Morgan fingerprint density at radius 2 is 2.30 bits per heavy atom. The normalized spacial score (nSPS) is 12.1. The molecule has 9 nitrogen and oxygen atoms in total. The second kappa shape index (κ2) is 7.23. The van der Waals surface area contributed by atoms with Crippen LogP contribution in [-0.2, 0) is 17.9 Å². The summed E-state index contributed by atoms with van der Waals surface area (Å²) in [5, 5.41) is 21.9. The number of rotatable bonds is 7. The lowest BCUT2D eigenvalue weighted by Gasteiger charge is -2.11. The number of aromatic nitrogens is 4. The van der Waals surface area contributed by atoms with Gasteiger partial charge in [0.25, 0.3) is 0 Å². The van der Waals surface area contributed by atoms with Gasteiger partial charge in [-0.05, 0) is 11.8 Å². The average Bonchev–Trinajstić information content (AvgIpc) is 3.05. The maximum absolute atomic E-state index is 12.1. The Bertz CT molecular complexity index is 710. The number of carbonyl (C=O) groups is 1. The topological polar surface area (TPSA) is 108 Å². The van der Waals surface area contributed by atoms with Gasteiger partial charge in [0.2, 0.25) is 5.91 Å². The number of hydrogen-bond donors (Lipinski definition) is 1. The fourth-order valence-corrected chi connectivity index (χ4v) is 2.19. The summed E-state index contributed by atoms with van der Waals surface area (Å²) < 4.78 is 3.10. The van der Waals surface area contributed by atoms with Crippen molar-refractivity contribution in [3.63, 3.8) is 0 Å². The van der Waals surface area contributed by atoms with Crippen molar-refractivity contribution in [3.05, 3.63) is 39.3 Å². The lowest BCUT2D eigenvalue weighted by Crippen LogP contribution is -2.34. The molecular weight excluding hydrogens is 324 g/mol. The molecule has 124 valence electrons. The second-order valence-electron chi connectivity index (χ2n) is 5.20. The summed E-state index contributed by atoms with van der Waals surface area (Å²) in [6.07, 6.45) is 3.20. The molecule has 0 aromatic carbocycles. The van der Waals surface area contributed by atoms with Gasteiger partial charge in [-0.1, -0.05) is 18.5 Å². The minimum atomic E-state index is -0.552. The lowest BCUT2D eigenvalue weighted by atomic mass is 10.1. The molecule has 23 heavy (non-hydrogen) atoms. The van der Waals surface area contributed by atoms with Crippen LogP contribution in [0, 0.1) is 23.0 Å². The lowest BCUT2D eigenvalue weighted by molar-refractivity contribution is -0.389. The molecule has 2 aromatic rings. The van der Waals surface area contributed by atoms with Crippen molar-refractivity contribution in [2.45, 2.75) is 26.9 Å². The number of carbonyl (C=O) groups excluding carboxylic acids is 1. The SMILES string of the molecule is Cc1cc([N+](=O)[O-])nn1CC(C)C(=O)NCCn1cc(Cl)cn1. The van der Waals surface area contributed by atoms with Crippen LogP contribution in [0.15, 0.2) is 18.5 Å². The molecule has 1 unspecified atom stereocenters. The van der Waals surface area contributed by atoms with Crippen molar-refractivity contribution in [2.24, 2.45) is 5.92 Å². The minimum Gasteiger partial charge on any atom is -0.358 e. The molecule has 10 heteroatoms. The molecule has 0 spiro atoms. The van der Waals surface area contributed by atoms with Crippen molar-refractivity contribution in [3.8, 4) is 0 Å². The van der Waals surface area contributed by atoms with Crippen LogP contribution in [-0.4, -0.2) is 36.9 Å². The first-order valence-corrected chi connectivity index (χ1v) is 7.39. The number of amides is 1. The van der Waals surface area contributed by atoms with Gasteiger partial charge in [0, 0.05) is 12.7 Å². The van der Waals surface area contributed by atoms with Gasteiger partial charge >= 0.3 is 5.82 Å². The predicted octanol–water partition coefficient (Wildman–Crippen LogP) is 1.40. The maximum atomic E-state index is 12.1. The van der Waals surface area contributed by atoms with E-state index in [0.717, 1.165) is 0 Å². The molecule has 0 aliphatic rings. The highest BCUT2D eigenvalue weighted by Crippen LogP contribution is 2.13. The van der Waals surface area contributed by atoms with E-state index in [4.69, 9.17) is 11.6 Å². The number of nitrogens with one attached hydrogen (secondary N) is 1. The number of hydrogen-bond acceptors (Lipinski definition) is 5. The van der Waals surface area contributed by atoms with E-state index in [-0.39, 0.29) is 24.2 Å². The fraction of sp³-hybridized carbons (Fsp3) is 0.462. The van der Waals surface area contributed by atoms with E-state index in [0.29, 0.717) is 23.8 Å². The third-order valence-electron chi connectivity index (χ3n) is 3.29. The van der Waals surface area contributed by atoms with Gasteiger partial charge in [-0.15, -0.1) is 0 Å². The summed E-state index contributed by atoms with van der Waals surface area (Å²) in [6.45, 7) is 4.66. The minimum absolute atomic E-state index is 0.152. The summed E-state index contributed by atoms with van der Waals surface area (Å²) >= 11 is 5.75. The smallest absolute Gasteiger partial charge is 0.358 e. The molecule has 0 radical (unpaired) electrons. The molecule has 0 fully saturated rings. The van der Waals surface area contributed by atoms with Crippen LogP contribution in [0.2, 0.25) is 5.02 Å². The quantitative estimate of drug-likeness (QED) is 0.605. The standard InChI is InChI=1S/C13H17ClN6O3/c1-9(7-19-10(2)5-12(17-19)20(22)23)13(21)15-3-4-18-8-11(14)6-16-18/h5-6,8-9H,3-4,7H2,1-2H3,(H,15,21). The molecule has 2 rings (SSSR count). The highest BCUT2D eigenvalue weighted by atomic mass is 35.5. The van der Waals surface area contributed by atoms with Crippen LogP contribution in [0.25, 0.3) is 0 Å². The number of halogens is 1. The highest BCUT2D eigenvalue weighted by molar-refractivity contribution is 6.30. The molecule has 1 atom stereocenters. The second-order valence-corrected chi connectivity index (χ2v) is 5.63. The predicted molar refractivity (Wildman–Crippen MR) is 83.0 cm³/mol. The number of nitro groups is 1. The van der Waals surface area contributed by atoms with E-state index in [1.54, 1.807) is 24.7 Å². The Morgan fingerprint density at radius 1 is 1.57 bits per heavy atom. The summed E-state index contributed by atoms with van der Waals surface area (Å²) in [6, 6.07) is 1.38. The molecular formula is C13H17ClN6O3. The van der Waals surface area contributed by atoms with Crippen molar-refractivity contribution < 1.29 is 9.72 Å². The van der Waals surface area contributed by atoms with Crippen molar-refractivity contribution >= 4 is 23.3 Å². The first-order valence-electron chi connectivity index (χ1n) is 7.01. The third-order valence-corrected chi connectivity index (χ3v) is 3.49. The van der Waals surface area contributed by atoms with Gasteiger partial charge in [-0.3, -0.25) is 9.48 Å². The number of nitrogens with zero attached hydrogens (tertiary/aromatic N) is 5. The van der Waals surface area contributed by atoms with Gasteiger partial charge in [0.1, 0.15) is 0 Å². The van der Waals surface area contributed by atoms with Crippen LogP contribution in [0.1, 0.15) is 12.6 Å². The van der Waals surface area contributed by atoms with E-state index >= 15 is 0 Å². The summed E-state index contributed by atoms with van der Waals surface area (Å²) in [4.78, 5) is 22.2. The molecule has 1 amide bonds. The Kier molecular flexibility index (Phi) is 5.32. The summed E-state index contributed by atoms with van der Waals surface area (Å²) in [5.41, 5.74) is 0.641. The van der Waals surface area contributed by atoms with Gasteiger partial charge in [-0.2, -0.15) is 9.78 Å². The van der Waals surface area contributed by atoms with Gasteiger partial charge in [0.05, 0.1) is 47.1 Å². The first-order chi connectivity index (χ1) is 10.9. The average molecular weight is 341 g/mol. The van der Waals surface area contributed by atoms with E-state index in [1.807, 2.05) is 0 Å². The van der Waals surface area contributed by atoms with E-state index in [1.165, 1.54) is 16.9 Å². The van der Waals surface area contributed by atoms with Crippen LogP contribution in [0.5, 0.6) is 0 Å². The van der Waals surface area contributed by atoms with Crippen molar-refractivity contribution in [1.29, 1.82) is 0 Å². The van der Waals surface area contributed by atoms with Crippen molar-refractivity contribution in [1.82, 2.24) is 24.9 Å². The zero-order chi connectivity index (χ0) is 17.0.